The molecule has 1 aromatic heterocycles. The van der Waals surface area contributed by atoms with Gasteiger partial charge in [0, 0.05) is 19.1 Å². The van der Waals surface area contributed by atoms with Gasteiger partial charge < -0.3 is 15.0 Å². The second-order valence-corrected chi connectivity index (χ2v) is 4.51. The highest BCUT2D eigenvalue weighted by atomic mass is 16.5. The molecule has 1 aliphatic rings. The number of anilines is 2. The molecule has 5 heteroatoms. The number of hydrogen-bond acceptors (Lipinski definition) is 5. The molecule has 1 aromatic rings. The van der Waals surface area contributed by atoms with Crippen LogP contribution in [0.4, 0.5) is 11.6 Å². The molecule has 0 bridgehead atoms. The lowest BCUT2D eigenvalue weighted by Crippen LogP contribution is -2.30. The molecule has 1 aliphatic heterocycles. The molecule has 0 aromatic carbocycles. The van der Waals surface area contributed by atoms with E-state index in [4.69, 9.17) is 4.74 Å². The largest absolute Gasteiger partial charge is 0.490 e. The van der Waals surface area contributed by atoms with Crippen molar-refractivity contribution in [2.75, 3.05) is 30.4 Å². The van der Waals surface area contributed by atoms with Gasteiger partial charge in [0.25, 0.3) is 0 Å². The zero-order valence-corrected chi connectivity index (χ0v) is 11.4. The lowest BCUT2D eigenvalue weighted by Gasteiger charge is -2.26. The van der Waals surface area contributed by atoms with Gasteiger partial charge in [-0.1, -0.05) is 6.92 Å². The van der Waals surface area contributed by atoms with Crippen molar-refractivity contribution in [2.24, 2.45) is 0 Å². The number of hydrogen-bond donors (Lipinski definition) is 1. The molecule has 1 unspecified atom stereocenters. The zero-order chi connectivity index (χ0) is 13.0. The van der Waals surface area contributed by atoms with Gasteiger partial charge in [0.05, 0.1) is 7.11 Å². The highest BCUT2D eigenvalue weighted by Gasteiger charge is 2.27. The van der Waals surface area contributed by atoms with Gasteiger partial charge in [-0.15, -0.1) is 0 Å². The number of rotatable bonds is 5. The molecule has 2 heterocycles. The third-order valence-electron chi connectivity index (χ3n) is 3.45. The summed E-state index contributed by atoms with van der Waals surface area (Å²) in [5.74, 6) is 2.47. The fourth-order valence-corrected chi connectivity index (χ4v) is 2.59. The first kappa shape index (κ1) is 12.9. The highest BCUT2D eigenvalue weighted by Crippen LogP contribution is 2.36. The Kier molecular flexibility index (Phi) is 4.23. The fraction of sp³-hybridized carbons (Fsp3) is 0.692. The Labute approximate surface area is 109 Å². The third kappa shape index (κ3) is 2.35. The van der Waals surface area contributed by atoms with Gasteiger partial charge >= 0.3 is 0 Å². The molecule has 100 valence electrons. The first-order valence-electron chi connectivity index (χ1n) is 6.71. The van der Waals surface area contributed by atoms with E-state index >= 15 is 0 Å². The Morgan fingerprint density at radius 1 is 1.44 bits per heavy atom. The monoisotopic (exact) mass is 250 g/mol. The quantitative estimate of drug-likeness (QED) is 0.869. The van der Waals surface area contributed by atoms with Crippen molar-refractivity contribution in [1.29, 1.82) is 0 Å². The van der Waals surface area contributed by atoms with Crippen molar-refractivity contribution < 1.29 is 4.74 Å². The molecule has 0 spiro atoms. The van der Waals surface area contributed by atoms with Crippen LogP contribution in [-0.4, -0.2) is 36.2 Å². The Morgan fingerprint density at radius 2 is 2.28 bits per heavy atom. The van der Waals surface area contributed by atoms with Crippen molar-refractivity contribution in [3.05, 3.63) is 6.33 Å². The molecule has 1 atom stereocenters. The molecule has 5 nitrogen and oxygen atoms in total. The molecule has 2 rings (SSSR count). The number of ether oxygens (including phenoxy) is 1. The standard InChI is InChI=1S/C13H22N4O/c1-4-10-7-6-8-17(10)13-11(18-3)12(14-5-2)15-9-16-13/h9-10H,4-8H2,1-3H3,(H,14,15,16). The zero-order valence-electron chi connectivity index (χ0n) is 11.4. The van der Waals surface area contributed by atoms with E-state index in [1.807, 2.05) is 6.92 Å². The average Bonchev–Trinajstić information content (AvgIpc) is 2.87. The van der Waals surface area contributed by atoms with E-state index in [9.17, 15) is 0 Å². The molecule has 18 heavy (non-hydrogen) atoms. The SMILES string of the molecule is CCNc1ncnc(N2CCCC2CC)c1OC. The minimum absolute atomic E-state index is 0.572. The van der Waals surface area contributed by atoms with E-state index in [2.05, 4.69) is 27.1 Å². The van der Waals surface area contributed by atoms with E-state index < -0.39 is 0 Å². The molecule has 0 saturated carbocycles. The molecule has 0 radical (unpaired) electrons. The van der Waals surface area contributed by atoms with E-state index in [0.717, 1.165) is 36.9 Å². The van der Waals surface area contributed by atoms with Crippen molar-refractivity contribution in [1.82, 2.24) is 9.97 Å². The lowest BCUT2D eigenvalue weighted by atomic mass is 10.2. The Balaban J connectivity index is 2.34. The molecular formula is C13H22N4O. The topological polar surface area (TPSA) is 50.3 Å². The van der Waals surface area contributed by atoms with Crippen LogP contribution in [0.3, 0.4) is 0 Å². The predicted octanol–water partition coefficient (Wildman–Crippen LogP) is 2.30. The fourth-order valence-electron chi connectivity index (χ4n) is 2.59. The van der Waals surface area contributed by atoms with Crippen LogP contribution in [0.1, 0.15) is 33.1 Å². The van der Waals surface area contributed by atoms with Gasteiger partial charge in [0.2, 0.25) is 5.75 Å². The van der Waals surface area contributed by atoms with E-state index in [0.29, 0.717) is 6.04 Å². The van der Waals surface area contributed by atoms with Gasteiger partial charge in [-0.2, -0.15) is 0 Å². The summed E-state index contributed by atoms with van der Waals surface area (Å²) in [4.78, 5) is 11.0. The van der Waals surface area contributed by atoms with Crippen LogP contribution in [0.2, 0.25) is 0 Å². The van der Waals surface area contributed by atoms with Crippen molar-refractivity contribution >= 4 is 11.6 Å². The van der Waals surface area contributed by atoms with Gasteiger partial charge in [0.1, 0.15) is 6.33 Å². The number of nitrogens with zero attached hydrogens (tertiary/aromatic N) is 3. The summed E-state index contributed by atoms with van der Waals surface area (Å²) in [6, 6.07) is 0.572. The Bertz CT molecular complexity index is 397. The maximum Gasteiger partial charge on any atom is 0.204 e. The van der Waals surface area contributed by atoms with Crippen LogP contribution in [0.5, 0.6) is 5.75 Å². The molecule has 1 fully saturated rings. The molecule has 1 saturated heterocycles. The van der Waals surface area contributed by atoms with E-state index in [-0.39, 0.29) is 0 Å². The minimum atomic E-state index is 0.572. The lowest BCUT2D eigenvalue weighted by molar-refractivity contribution is 0.411. The van der Waals surface area contributed by atoms with Gasteiger partial charge in [-0.05, 0) is 26.2 Å². The summed E-state index contributed by atoms with van der Waals surface area (Å²) in [6.07, 6.45) is 5.22. The van der Waals surface area contributed by atoms with Gasteiger partial charge in [0.15, 0.2) is 11.6 Å². The summed E-state index contributed by atoms with van der Waals surface area (Å²) < 4.78 is 5.51. The van der Waals surface area contributed by atoms with Crippen molar-refractivity contribution in [3.8, 4) is 5.75 Å². The second kappa shape index (κ2) is 5.89. The molecule has 1 N–H and O–H groups in total. The summed E-state index contributed by atoms with van der Waals surface area (Å²) in [6.45, 7) is 6.15. The molecule has 0 aliphatic carbocycles. The van der Waals surface area contributed by atoms with Crippen LogP contribution in [-0.2, 0) is 0 Å². The Morgan fingerprint density at radius 3 is 2.94 bits per heavy atom. The summed E-state index contributed by atoms with van der Waals surface area (Å²) in [5, 5.41) is 3.22. The van der Waals surface area contributed by atoms with Gasteiger partial charge in [-0.25, -0.2) is 9.97 Å². The van der Waals surface area contributed by atoms with Crippen LogP contribution < -0.4 is 15.0 Å². The maximum atomic E-state index is 5.51. The maximum absolute atomic E-state index is 5.51. The minimum Gasteiger partial charge on any atom is -0.490 e. The van der Waals surface area contributed by atoms with E-state index in [1.165, 1.54) is 12.8 Å². The summed E-state index contributed by atoms with van der Waals surface area (Å²) >= 11 is 0. The average molecular weight is 250 g/mol. The number of aromatic nitrogens is 2. The first-order valence-corrected chi connectivity index (χ1v) is 6.71. The second-order valence-electron chi connectivity index (χ2n) is 4.51. The van der Waals surface area contributed by atoms with Gasteiger partial charge in [-0.3, -0.25) is 0 Å². The molecular weight excluding hydrogens is 228 g/mol. The van der Waals surface area contributed by atoms with Crippen LogP contribution in [0, 0.1) is 0 Å². The first-order chi connectivity index (χ1) is 8.81. The smallest absolute Gasteiger partial charge is 0.204 e. The van der Waals surface area contributed by atoms with Crippen LogP contribution in [0.25, 0.3) is 0 Å². The van der Waals surface area contributed by atoms with Crippen LogP contribution in [0.15, 0.2) is 6.33 Å². The predicted molar refractivity (Wildman–Crippen MR) is 73.4 cm³/mol. The summed E-state index contributed by atoms with van der Waals surface area (Å²) in [7, 11) is 1.68. The highest BCUT2D eigenvalue weighted by molar-refractivity contribution is 5.65. The normalized spacial score (nSPS) is 19.1. The van der Waals surface area contributed by atoms with Crippen molar-refractivity contribution in [3.63, 3.8) is 0 Å². The van der Waals surface area contributed by atoms with E-state index in [1.54, 1.807) is 13.4 Å². The summed E-state index contributed by atoms with van der Waals surface area (Å²) in [5.41, 5.74) is 0. The van der Waals surface area contributed by atoms with Crippen LogP contribution >= 0.6 is 0 Å². The molecule has 0 amide bonds. The number of nitrogens with one attached hydrogen (secondary N) is 1. The van der Waals surface area contributed by atoms with Crippen molar-refractivity contribution in [2.45, 2.75) is 39.2 Å². The number of methoxy groups -OCH3 is 1. The Hall–Kier alpha value is -1.52. The third-order valence-corrected chi connectivity index (χ3v) is 3.45.